The third kappa shape index (κ3) is 2.51. The SMILES string of the molecule is CC(C)C1CCC(c2[nH]ncc2C(=O)O)CC1. The highest BCUT2D eigenvalue weighted by molar-refractivity contribution is 5.88. The summed E-state index contributed by atoms with van der Waals surface area (Å²) in [6, 6.07) is 0. The smallest absolute Gasteiger partial charge is 0.339 e. The fraction of sp³-hybridized carbons (Fsp3) is 0.692. The Balaban J connectivity index is 2.05. The van der Waals surface area contributed by atoms with Crippen LogP contribution in [0.1, 0.15) is 61.5 Å². The Labute approximate surface area is 101 Å². The molecule has 0 aromatic carbocycles. The van der Waals surface area contributed by atoms with Crippen molar-refractivity contribution in [2.75, 3.05) is 0 Å². The largest absolute Gasteiger partial charge is 0.478 e. The van der Waals surface area contributed by atoms with Gasteiger partial charge in [0.2, 0.25) is 0 Å². The number of aromatic carboxylic acids is 1. The maximum Gasteiger partial charge on any atom is 0.339 e. The van der Waals surface area contributed by atoms with Crippen LogP contribution in [-0.4, -0.2) is 21.3 Å². The summed E-state index contributed by atoms with van der Waals surface area (Å²) in [6.45, 7) is 4.54. The van der Waals surface area contributed by atoms with E-state index in [1.165, 1.54) is 19.0 Å². The third-order valence-corrected chi connectivity index (χ3v) is 4.02. The molecule has 0 amide bonds. The molecule has 17 heavy (non-hydrogen) atoms. The summed E-state index contributed by atoms with van der Waals surface area (Å²) in [5, 5.41) is 15.8. The molecule has 0 bridgehead atoms. The van der Waals surface area contributed by atoms with Crippen LogP contribution in [0.3, 0.4) is 0 Å². The van der Waals surface area contributed by atoms with E-state index in [4.69, 9.17) is 5.11 Å². The van der Waals surface area contributed by atoms with Gasteiger partial charge in [-0.2, -0.15) is 5.10 Å². The van der Waals surface area contributed by atoms with Crippen LogP contribution in [0.4, 0.5) is 0 Å². The number of aromatic amines is 1. The second-order valence-corrected chi connectivity index (χ2v) is 5.36. The van der Waals surface area contributed by atoms with Crippen LogP contribution in [0.2, 0.25) is 0 Å². The number of hydrogen-bond donors (Lipinski definition) is 2. The normalized spacial score (nSPS) is 25.1. The molecule has 1 saturated carbocycles. The van der Waals surface area contributed by atoms with Crippen molar-refractivity contribution in [2.45, 2.75) is 45.4 Å². The van der Waals surface area contributed by atoms with Crippen LogP contribution in [0, 0.1) is 11.8 Å². The number of hydrogen-bond acceptors (Lipinski definition) is 2. The van der Waals surface area contributed by atoms with E-state index in [9.17, 15) is 4.79 Å². The first-order valence-electron chi connectivity index (χ1n) is 6.36. The zero-order valence-corrected chi connectivity index (χ0v) is 10.4. The van der Waals surface area contributed by atoms with Gasteiger partial charge in [-0.25, -0.2) is 4.79 Å². The molecule has 4 heteroatoms. The monoisotopic (exact) mass is 236 g/mol. The molecule has 0 spiro atoms. The predicted molar refractivity (Wildman–Crippen MR) is 65.1 cm³/mol. The minimum atomic E-state index is -0.875. The Bertz CT molecular complexity index is 390. The molecule has 1 aliphatic rings. The molecule has 0 saturated heterocycles. The quantitative estimate of drug-likeness (QED) is 0.847. The van der Waals surface area contributed by atoms with E-state index >= 15 is 0 Å². The zero-order valence-electron chi connectivity index (χ0n) is 10.4. The van der Waals surface area contributed by atoms with Gasteiger partial charge in [-0.1, -0.05) is 13.8 Å². The Morgan fingerprint density at radius 2 is 2.06 bits per heavy atom. The standard InChI is InChI=1S/C13H20N2O2/c1-8(2)9-3-5-10(6-4-9)12-11(13(16)17)7-14-15-12/h7-10H,3-6H2,1-2H3,(H,14,15)(H,16,17). The van der Waals surface area contributed by atoms with Gasteiger partial charge in [-0.3, -0.25) is 5.10 Å². The molecule has 1 aromatic rings. The number of carboxylic acids is 1. The first-order chi connectivity index (χ1) is 8.09. The van der Waals surface area contributed by atoms with Crippen molar-refractivity contribution in [1.82, 2.24) is 10.2 Å². The Morgan fingerprint density at radius 3 is 2.59 bits per heavy atom. The van der Waals surface area contributed by atoms with Crippen LogP contribution in [0.5, 0.6) is 0 Å². The van der Waals surface area contributed by atoms with E-state index in [1.807, 2.05) is 0 Å². The van der Waals surface area contributed by atoms with Crippen molar-refractivity contribution >= 4 is 5.97 Å². The Kier molecular flexibility index (Phi) is 3.50. The summed E-state index contributed by atoms with van der Waals surface area (Å²) in [5.41, 5.74) is 1.16. The van der Waals surface area contributed by atoms with Crippen LogP contribution < -0.4 is 0 Å². The number of carboxylic acid groups (broad SMARTS) is 1. The fourth-order valence-corrected chi connectivity index (χ4v) is 2.85. The lowest BCUT2D eigenvalue weighted by Gasteiger charge is -2.30. The summed E-state index contributed by atoms with van der Waals surface area (Å²) >= 11 is 0. The maximum atomic E-state index is 11.0. The van der Waals surface area contributed by atoms with E-state index in [0.29, 0.717) is 11.5 Å². The summed E-state index contributed by atoms with van der Waals surface area (Å²) in [5.74, 6) is 0.998. The minimum Gasteiger partial charge on any atom is -0.478 e. The molecule has 1 aliphatic carbocycles. The molecule has 1 aromatic heterocycles. The van der Waals surface area contributed by atoms with Gasteiger partial charge in [-0.15, -0.1) is 0 Å². The van der Waals surface area contributed by atoms with Gasteiger partial charge in [0.05, 0.1) is 11.9 Å². The average Bonchev–Trinajstić information content (AvgIpc) is 2.78. The van der Waals surface area contributed by atoms with Crippen LogP contribution in [-0.2, 0) is 0 Å². The van der Waals surface area contributed by atoms with Gasteiger partial charge < -0.3 is 5.11 Å². The zero-order chi connectivity index (χ0) is 12.4. The van der Waals surface area contributed by atoms with E-state index in [0.717, 1.165) is 30.4 Å². The minimum absolute atomic E-state index is 0.345. The van der Waals surface area contributed by atoms with Crippen molar-refractivity contribution < 1.29 is 9.90 Å². The molecule has 2 N–H and O–H groups in total. The molecule has 2 rings (SSSR count). The van der Waals surface area contributed by atoms with E-state index in [2.05, 4.69) is 24.0 Å². The first-order valence-corrected chi connectivity index (χ1v) is 6.36. The number of nitrogens with zero attached hydrogens (tertiary/aromatic N) is 1. The molecule has 0 aliphatic heterocycles. The number of nitrogens with one attached hydrogen (secondary N) is 1. The third-order valence-electron chi connectivity index (χ3n) is 4.02. The van der Waals surface area contributed by atoms with Gasteiger partial charge in [0, 0.05) is 5.92 Å². The molecule has 1 heterocycles. The lowest BCUT2D eigenvalue weighted by molar-refractivity contribution is 0.0694. The molecular weight excluding hydrogens is 216 g/mol. The second kappa shape index (κ2) is 4.90. The molecule has 0 unspecified atom stereocenters. The topological polar surface area (TPSA) is 66.0 Å². The Morgan fingerprint density at radius 1 is 1.41 bits per heavy atom. The molecule has 4 nitrogen and oxygen atoms in total. The molecule has 94 valence electrons. The summed E-state index contributed by atoms with van der Waals surface area (Å²) in [6.07, 6.45) is 5.96. The summed E-state index contributed by atoms with van der Waals surface area (Å²) in [4.78, 5) is 11.0. The van der Waals surface area contributed by atoms with Gasteiger partial charge >= 0.3 is 5.97 Å². The molecular formula is C13H20N2O2. The Hall–Kier alpha value is -1.32. The lowest BCUT2D eigenvalue weighted by Crippen LogP contribution is -2.19. The highest BCUT2D eigenvalue weighted by atomic mass is 16.4. The van der Waals surface area contributed by atoms with Crippen molar-refractivity contribution in [3.8, 4) is 0 Å². The lowest BCUT2D eigenvalue weighted by atomic mass is 9.75. The maximum absolute atomic E-state index is 11.0. The van der Waals surface area contributed by atoms with Crippen LogP contribution in [0.15, 0.2) is 6.20 Å². The average molecular weight is 236 g/mol. The number of rotatable bonds is 3. The van der Waals surface area contributed by atoms with Gasteiger partial charge in [0.15, 0.2) is 0 Å². The van der Waals surface area contributed by atoms with Crippen LogP contribution >= 0.6 is 0 Å². The van der Waals surface area contributed by atoms with E-state index < -0.39 is 5.97 Å². The summed E-state index contributed by atoms with van der Waals surface area (Å²) < 4.78 is 0. The molecule has 0 atom stereocenters. The molecule has 1 fully saturated rings. The van der Waals surface area contributed by atoms with E-state index in [1.54, 1.807) is 0 Å². The van der Waals surface area contributed by atoms with Crippen molar-refractivity contribution in [3.63, 3.8) is 0 Å². The number of H-pyrrole nitrogens is 1. The predicted octanol–water partition coefficient (Wildman–Crippen LogP) is 3.04. The van der Waals surface area contributed by atoms with Crippen molar-refractivity contribution in [2.24, 2.45) is 11.8 Å². The highest BCUT2D eigenvalue weighted by Crippen LogP contribution is 2.38. The molecule has 0 radical (unpaired) electrons. The van der Waals surface area contributed by atoms with Crippen LogP contribution in [0.25, 0.3) is 0 Å². The van der Waals surface area contributed by atoms with Crippen molar-refractivity contribution in [1.29, 1.82) is 0 Å². The van der Waals surface area contributed by atoms with Crippen molar-refractivity contribution in [3.05, 3.63) is 17.5 Å². The second-order valence-electron chi connectivity index (χ2n) is 5.36. The number of carbonyl (C=O) groups is 1. The van der Waals surface area contributed by atoms with Gasteiger partial charge in [0.1, 0.15) is 5.56 Å². The van der Waals surface area contributed by atoms with Gasteiger partial charge in [-0.05, 0) is 37.5 Å². The first kappa shape index (κ1) is 12.1. The van der Waals surface area contributed by atoms with Gasteiger partial charge in [0.25, 0.3) is 0 Å². The summed E-state index contributed by atoms with van der Waals surface area (Å²) in [7, 11) is 0. The highest BCUT2D eigenvalue weighted by Gasteiger charge is 2.27. The fourth-order valence-electron chi connectivity index (χ4n) is 2.85. The number of aromatic nitrogens is 2. The van der Waals surface area contributed by atoms with E-state index in [-0.39, 0.29) is 0 Å².